The molecular weight excluding hydrogens is 443 g/mol. The molecule has 0 radical (unpaired) electrons. The molecule has 7 nitrogen and oxygen atoms in total. The van der Waals surface area contributed by atoms with E-state index in [2.05, 4.69) is 0 Å². The summed E-state index contributed by atoms with van der Waals surface area (Å²) in [4.78, 5) is 11.4. The number of rotatable bonds is 9. The van der Waals surface area contributed by atoms with Gasteiger partial charge in [0.1, 0.15) is 30.0 Å². The van der Waals surface area contributed by atoms with Crippen molar-refractivity contribution in [1.29, 1.82) is 0 Å². The summed E-state index contributed by atoms with van der Waals surface area (Å²) in [6, 6.07) is 12.2. The van der Waals surface area contributed by atoms with E-state index in [9.17, 15) is 14.3 Å². The Morgan fingerprint density at radius 1 is 1.15 bits per heavy atom. The SMILES string of the molecule is CCC(=O)OCC1CC(O)CC(Oc2ccccc2Cc2ccc(OC3CCOC3)cc2F)O1. The van der Waals surface area contributed by atoms with Gasteiger partial charge < -0.3 is 28.8 Å². The molecule has 2 aliphatic rings. The molecule has 4 unspecified atom stereocenters. The highest BCUT2D eigenvalue weighted by Crippen LogP contribution is 2.29. The van der Waals surface area contributed by atoms with Crippen LogP contribution in [-0.2, 0) is 25.4 Å². The van der Waals surface area contributed by atoms with Crippen molar-refractivity contribution >= 4 is 5.97 Å². The van der Waals surface area contributed by atoms with Crippen LogP contribution in [0.15, 0.2) is 42.5 Å². The van der Waals surface area contributed by atoms with Crippen LogP contribution in [0.3, 0.4) is 0 Å². The van der Waals surface area contributed by atoms with Crippen molar-refractivity contribution in [2.75, 3.05) is 19.8 Å². The van der Waals surface area contributed by atoms with Crippen LogP contribution in [0.1, 0.15) is 43.7 Å². The van der Waals surface area contributed by atoms with Gasteiger partial charge in [0.15, 0.2) is 0 Å². The van der Waals surface area contributed by atoms with Crippen molar-refractivity contribution in [3.63, 3.8) is 0 Å². The Hall–Kier alpha value is -2.68. The lowest BCUT2D eigenvalue weighted by Crippen LogP contribution is -2.41. The minimum absolute atomic E-state index is 0.0421. The van der Waals surface area contributed by atoms with Crippen LogP contribution >= 0.6 is 0 Å². The number of carbonyl (C=O) groups is 1. The first-order chi connectivity index (χ1) is 16.5. The molecule has 0 spiro atoms. The van der Waals surface area contributed by atoms with E-state index in [1.54, 1.807) is 25.1 Å². The normalized spacial score (nSPS) is 24.6. The molecular formula is C26H31FO7. The number of hydrogen-bond acceptors (Lipinski definition) is 7. The molecule has 8 heteroatoms. The molecule has 2 fully saturated rings. The van der Waals surface area contributed by atoms with Gasteiger partial charge >= 0.3 is 5.97 Å². The van der Waals surface area contributed by atoms with E-state index in [-0.39, 0.29) is 37.3 Å². The lowest BCUT2D eigenvalue weighted by Gasteiger charge is -2.33. The van der Waals surface area contributed by atoms with Gasteiger partial charge in [0.2, 0.25) is 6.29 Å². The Balaban J connectivity index is 1.40. The molecule has 2 heterocycles. The number of aliphatic hydroxyl groups excluding tert-OH is 1. The fourth-order valence-corrected chi connectivity index (χ4v) is 4.07. The van der Waals surface area contributed by atoms with Crippen molar-refractivity contribution in [2.45, 2.75) is 63.6 Å². The molecule has 4 atom stereocenters. The second-order valence-corrected chi connectivity index (χ2v) is 8.61. The second kappa shape index (κ2) is 11.6. The zero-order valence-electron chi connectivity index (χ0n) is 19.3. The Kier molecular flexibility index (Phi) is 8.37. The zero-order chi connectivity index (χ0) is 23.9. The van der Waals surface area contributed by atoms with E-state index in [1.807, 2.05) is 18.2 Å². The van der Waals surface area contributed by atoms with Crippen molar-refractivity contribution in [2.24, 2.45) is 0 Å². The molecule has 0 saturated carbocycles. The lowest BCUT2D eigenvalue weighted by molar-refractivity contribution is -0.192. The quantitative estimate of drug-likeness (QED) is 0.554. The first kappa shape index (κ1) is 24.4. The summed E-state index contributed by atoms with van der Waals surface area (Å²) in [7, 11) is 0. The summed E-state index contributed by atoms with van der Waals surface area (Å²) in [6.45, 7) is 2.97. The molecule has 0 amide bonds. The number of ether oxygens (including phenoxy) is 5. The maximum Gasteiger partial charge on any atom is 0.305 e. The highest BCUT2D eigenvalue weighted by atomic mass is 19.1. The van der Waals surface area contributed by atoms with Gasteiger partial charge in [0, 0.05) is 38.2 Å². The Morgan fingerprint density at radius 2 is 2.00 bits per heavy atom. The van der Waals surface area contributed by atoms with Crippen molar-refractivity contribution < 1.29 is 38.0 Å². The minimum atomic E-state index is -0.704. The summed E-state index contributed by atoms with van der Waals surface area (Å²) < 4.78 is 43.0. The molecule has 184 valence electrons. The summed E-state index contributed by atoms with van der Waals surface area (Å²) in [5.41, 5.74) is 1.30. The second-order valence-electron chi connectivity index (χ2n) is 8.61. The van der Waals surface area contributed by atoms with Gasteiger partial charge in [0.05, 0.1) is 25.4 Å². The number of carbonyl (C=O) groups excluding carboxylic acids is 1. The lowest BCUT2D eigenvalue weighted by atomic mass is 10.0. The van der Waals surface area contributed by atoms with Gasteiger partial charge in [0.25, 0.3) is 0 Å². The summed E-state index contributed by atoms with van der Waals surface area (Å²) in [5, 5.41) is 10.2. The van der Waals surface area contributed by atoms with Crippen LogP contribution in [0.2, 0.25) is 0 Å². The fourth-order valence-electron chi connectivity index (χ4n) is 4.07. The van der Waals surface area contributed by atoms with Crippen LogP contribution in [0.4, 0.5) is 4.39 Å². The monoisotopic (exact) mass is 474 g/mol. The molecule has 0 aromatic heterocycles. The largest absolute Gasteiger partial charge is 0.488 e. The first-order valence-corrected chi connectivity index (χ1v) is 11.8. The number of benzene rings is 2. The van der Waals surface area contributed by atoms with E-state index >= 15 is 0 Å². The first-order valence-electron chi connectivity index (χ1n) is 11.8. The highest BCUT2D eigenvalue weighted by molar-refractivity contribution is 5.68. The molecule has 1 N–H and O–H groups in total. The Bertz CT molecular complexity index is 960. The highest BCUT2D eigenvalue weighted by Gasteiger charge is 2.31. The topological polar surface area (TPSA) is 83.5 Å². The standard InChI is InChI=1S/C26H31FO7/c1-2-25(29)31-16-22-12-19(28)13-26(33-22)34-24-6-4-3-5-18(24)11-17-7-8-20(14-23(17)27)32-21-9-10-30-15-21/h3-8,14,19,21-22,26,28H,2,9-13,15-16H2,1H3. The van der Waals surface area contributed by atoms with Crippen LogP contribution in [0.5, 0.6) is 11.5 Å². The zero-order valence-corrected chi connectivity index (χ0v) is 19.3. The van der Waals surface area contributed by atoms with E-state index in [1.165, 1.54) is 6.07 Å². The number of aliphatic hydroxyl groups is 1. The third kappa shape index (κ3) is 6.68. The van der Waals surface area contributed by atoms with Crippen LogP contribution in [0.25, 0.3) is 0 Å². The van der Waals surface area contributed by atoms with Crippen molar-refractivity contribution in [1.82, 2.24) is 0 Å². The van der Waals surface area contributed by atoms with Crippen LogP contribution < -0.4 is 9.47 Å². The number of esters is 1. The molecule has 0 aliphatic carbocycles. The van der Waals surface area contributed by atoms with E-state index in [4.69, 9.17) is 23.7 Å². The van der Waals surface area contributed by atoms with E-state index in [0.717, 1.165) is 12.0 Å². The molecule has 2 aromatic rings. The number of para-hydroxylation sites is 1. The van der Waals surface area contributed by atoms with Gasteiger partial charge in [-0.25, -0.2) is 4.39 Å². The molecule has 2 saturated heterocycles. The predicted octanol–water partition coefficient (Wildman–Crippen LogP) is 3.78. The Labute approximate surface area is 198 Å². The average Bonchev–Trinajstić information content (AvgIpc) is 3.33. The molecule has 34 heavy (non-hydrogen) atoms. The van der Waals surface area contributed by atoms with Crippen molar-refractivity contribution in [3.05, 3.63) is 59.4 Å². The summed E-state index contributed by atoms with van der Waals surface area (Å²) >= 11 is 0. The molecule has 4 rings (SSSR count). The number of hydrogen-bond donors (Lipinski definition) is 1. The van der Waals surface area contributed by atoms with Gasteiger partial charge in [-0.3, -0.25) is 4.79 Å². The van der Waals surface area contributed by atoms with Crippen LogP contribution in [-0.4, -0.2) is 55.5 Å². The van der Waals surface area contributed by atoms with E-state index in [0.29, 0.717) is 43.1 Å². The smallest absolute Gasteiger partial charge is 0.305 e. The summed E-state index contributed by atoms with van der Waals surface area (Å²) in [5.74, 6) is 0.365. The third-order valence-corrected chi connectivity index (χ3v) is 5.89. The predicted molar refractivity (Wildman–Crippen MR) is 121 cm³/mol. The van der Waals surface area contributed by atoms with Crippen LogP contribution in [0, 0.1) is 5.82 Å². The van der Waals surface area contributed by atoms with Gasteiger partial charge in [-0.15, -0.1) is 0 Å². The molecule has 0 bridgehead atoms. The average molecular weight is 475 g/mol. The van der Waals surface area contributed by atoms with E-state index < -0.39 is 18.5 Å². The number of halogens is 1. The molecule has 2 aromatic carbocycles. The van der Waals surface area contributed by atoms with Gasteiger partial charge in [-0.1, -0.05) is 31.2 Å². The third-order valence-electron chi connectivity index (χ3n) is 5.89. The maximum atomic E-state index is 14.8. The molecule has 2 aliphatic heterocycles. The summed E-state index contributed by atoms with van der Waals surface area (Å²) in [6.07, 6.45) is 0.224. The maximum absolute atomic E-state index is 14.8. The van der Waals surface area contributed by atoms with Crippen molar-refractivity contribution in [3.8, 4) is 11.5 Å². The van der Waals surface area contributed by atoms with Gasteiger partial charge in [-0.05, 0) is 23.3 Å². The van der Waals surface area contributed by atoms with Gasteiger partial charge in [-0.2, -0.15) is 0 Å². The minimum Gasteiger partial charge on any atom is -0.488 e. The Morgan fingerprint density at radius 3 is 2.76 bits per heavy atom. The fraction of sp³-hybridized carbons (Fsp3) is 0.500.